The third-order valence-electron chi connectivity index (χ3n) is 6.53. The van der Waals surface area contributed by atoms with E-state index >= 15 is 0 Å². The molecule has 0 saturated carbocycles. The van der Waals surface area contributed by atoms with Crippen molar-refractivity contribution in [3.8, 4) is 0 Å². The molecule has 3 aromatic carbocycles. The minimum Gasteiger partial charge on any atom is -0.550 e. The first-order chi connectivity index (χ1) is 19.6. The molecule has 41 heavy (non-hydrogen) atoms. The molecule has 0 spiro atoms. The Kier molecular flexibility index (Phi) is 11.5. The fraction of sp³-hybridized carbons (Fsp3) is 0.312. The van der Waals surface area contributed by atoms with Crippen molar-refractivity contribution in [2.24, 2.45) is 5.92 Å². The van der Waals surface area contributed by atoms with Crippen molar-refractivity contribution in [2.45, 2.75) is 46.1 Å². The molecule has 0 saturated heterocycles. The Balaban J connectivity index is 1.61. The van der Waals surface area contributed by atoms with Gasteiger partial charge in [-0.2, -0.15) is 0 Å². The maximum absolute atomic E-state index is 13.3. The summed E-state index contributed by atoms with van der Waals surface area (Å²) in [5.41, 5.74) is 3.61. The molecular formula is C32H37N4O5-. The molecule has 0 radical (unpaired) electrons. The van der Waals surface area contributed by atoms with Crippen LogP contribution in [0, 0.1) is 12.8 Å². The second-order valence-corrected chi connectivity index (χ2v) is 10.4. The Labute approximate surface area is 241 Å². The van der Waals surface area contributed by atoms with Crippen LogP contribution in [0.4, 0.5) is 16.2 Å². The third-order valence-corrected chi connectivity index (χ3v) is 6.53. The lowest BCUT2D eigenvalue weighted by molar-refractivity contribution is -0.306. The number of nitrogens with one attached hydrogen (secondary N) is 3. The molecule has 0 unspecified atom stereocenters. The van der Waals surface area contributed by atoms with E-state index in [-0.39, 0.29) is 31.3 Å². The van der Waals surface area contributed by atoms with Gasteiger partial charge in [0.1, 0.15) is 0 Å². The maximum Gasteiger partial charge on any atom is 0.323 e. The Morgan fingerprint density at radius 3 is 2.15 bits per heavy atom. The summed E-state index contributed by atoms with van der Waals surface area (Å²) in [6.45, 7) is 6.18. The lowest BCUT2D eigenvalue weighted by Crippen LogP contribution is -2.44. The number of hydrogen-bond donors (Lipinski definition) is 3. The van der Waals surface area contributed by atoms with Gasteiger partial charge < -0.3 is 30.8 Å². The minimum atomic E-state index is -1.28. The third kappa shape index (κ3) is 10.4. The van der Waals surface area contributed by atoms with E-state index in [1.807, 2.05) is 45.0 Å². The number of aliphatic carboxylic acids is 1. The largest absolute Gasteiger partial charge is 0.550 e. The average Bonchev–Trinajstić information content (AvgIpc) is 2.93. The minimum absolute atomic E-state index is 0.0716. The van der Waals surface area contributed by atoms with Gasteiger partial charge in [-0.1, -0.05) is 74.5 Å². The van der Waals surface area contributed by atoms with E-state index in [1.54, 1.807) is 54.6 Å². The molecule has 9 heteroatoms. The van der Waals surface area contributed by atoms with Crippen molar-refractivity contribution in [3.05, 3.63) is 95.6 Å². The molecule has 0 aliphatic rings. The summed E-state index contributed by atoms with van der Waals surface area (Å²) in [7, 11) is 0. The number of carbonyl (C=O) groups is 4. The lowest BCUT2D eigenvalue weighted by Gasteiger charge is -2.26. The predicted molar refractivity (Wildman–Crippen MR) is 157 cm³/mol. The number of amides is 4. The molecular weight excluding hydrogens is 520 g/mol. The zero-order valence-electron chi connectivity index (χ0n) is 23.7. The molecule has 0 heterocycles. The number of rotatable bonds is 13. The molecule has 0 aromatic heterocycles. The fourth-order valence-corrected chi connectivity index (χ4v) is 4.21. The second-order valence-electron chi connectivity index (χ2n) is 10.4. The normalized spacial score (nSPS) is 11.4. The van der Waals surface area contributed by atoms with Gasteiger partial charge in [0.25, 0.3) is 0 Å². The Morgan fingerprint density at radius 2 is 1.51 bits per heavy atom. The molecule has 4 amide bonds. The molecule has 1 atom stereocenters. The number of carboxylic acid groups (broad SMARTS) is 1. The number of urea groups is 1. The predicted octanol–water partition coefficient (Wildman–Crippen LogP) is 4.05. The number of benzene rings is 3. The van der Waals surface area contributed by atoms with E-state index in [9.17, 15) is 24.3 Å². The van der Waals surface area contributed by atoms with Crippen LogP contribution in [-0.2, 0) is 20.8 Å². The van der Waals surface area contributed by atoms with Crippen molar-refractivity contribution in [2.75, 3.05) is 23.7 Å². The molecule has 0 bridgehead atoms. The van der Waals surface area contributed by atoms with Gasteiger partial charge in [0.15, 0.2) is 0 Å². The van der Waals surface area contributed by atoms with Gasteiger partial charge in [-0.3, -0.25) is 9.59 Å². The molecule has 216 valence electrons. The zero-order chi connectivity index (χ0) is 29.8. The summed E-state index contributed by atoms with van der Waals surface area (Å²) in [4.78, 5) is 51.4. The highest BCUT2D eigenvalue weighted by Gasteiger charge is 2.21. The maximum atomic E-state index is 13.3. The molecule has 0 aliphatic carbocycles. The summed E-state index contributed by atoms with van der Waals surface area (Å²) >= 11 is 0. The number of anilines is 2. The first-order valence-electron chi connectivity index (χ1n) is 13.6. The fourth-order valence-electron chi connectivity index (χ4n) is 4.21. The van der Waals surface area contributed by atoms with Crippen LogP contribution in [0.1, 0.15) is 49.4 Å². The number of carbonyl (C=O) groups excluding carboxylic acids is 4. The van der Waals surface area contributed by atoms with Crippen molar-refractivity contribution in [3.63, 3.8) is 0 Å². The monoisotopic (exact) mass is 557 g/mol. The van der Waals surface area contributed by atoms with Crippen molar-refractivity contribution in [1.82, 2.24) is 10.2 Å². The highest BCUT2D eigenvalue weighted by atomic mass is 16.4. The quantitative estimate of drug-likeness (QED) is 0.292. The number of para-hydroxylation sites is 1. The van der Waals surface area contributed by atoms with Crippen LogP contribution in [0.15, 0.2) is 78.9 Å². The van der Waals surface area contributed by atoms with E-state index in [4.69, 9.17) is 0 Å². The molecule has 3 N–H and O–H groups in total. The topological polar surface area (TPSA) is 131 Å². The number of carboxylic acids is 1. The summed E-state index contributed by atoms with van der Waals surface area (Å²) in [5.74, 6) is -1.64. The standard InChI is InChI=1S/C32H38N4O5/c1-22(2)17-18-36(21-29(37)34-28(20-31(39)40)25-10-5-4-6-11-25)30(38)19-24-13-15-26(16-14-24)33-32(41)35-27-12-8-7-9-23(27)3/h4-16,22,28H,17-21H2,1-3H3,(H,34,37)(H,39,40)(H2,33,35,41)/p-1/t28-/m0/s1. The van der Waals surface area contributed by atoms with Gasteiger partial charge in [-0.15, -0.1) is 0 Å². The van der Waals surface area contributed by atoms with Crippen LogP contribution < -0.4 is 21.1 Å². The molecule has 3 aromatic rings. The van der Waals surface area contributed by atoms with Gasteiger partial charge in [0.2, 0.25) is 11.8 Å². The van der Waals surface area contributed by atoms with Gasteiger partial charge in [0.05, 0.1) is 19.0 Å². The van der Waals surface area contributed by atoms with Crippen LogP contribution >= 0.6 is 0 Å². The summed E-state index contributed by atoms with van der Waals surface area (Å²) < 4.78 is 0. The SMILES string of the molecule is Cc1ccccc1NC(=O)Nc1ccc(CC(=O)N(CCC(C)C)CC(=O)N[C@@H](CC(=O)[O-])c2ccccc2)cc1. The number of aryl methyl sites for hydroxylation is 1. The van der Waals surface area contributed by atoms with Crippen LogP contribution in [0.3, 0.4) is 0 Å². The summed E-state index contributed by atoms with van der Waals surface area (Å²) in [5, 5.41) is 19.6. The van der Waals surface area contributed by atoms with E-state index < -0.39 is 17.9 Å². The Bertz CT molecular complexity index is 1330. The number of hydrogen-bond acceptors (Lipinski definition) is 5. The van der Waals surface area contributed by atoms with Gasteiger partial charge in [-0.05, 0) is 54.2 Å². The van der Waals surface area contributed by atoms with E-state index in [0.29, 0.717) is 35.8 Å². The lowest BCUT2D eigenvalue weighted by atomic mass is 10.0. The summed E-state index contributed by atoms with van der Waals surface area (Å²) in [6, 6.07) is 22.1. The molecule has 0 aliphatic heterocycles. The second kappa shape index (κ2) is 15.2. The Morgan fingerprint density at radius 1 is 0.854 bits per heavy atom. The van der Waals surface area contributed by atoms with E-state index in [0.717, 1.165) is 11.1 Å². The first-order valence-corrected chi connectivity index (χ1v) is 13.6. The zero-order valence-corrected chi connectivity index (χ0v) is 23.7. The highest BCUT2D eigenvalue weighted by molar-refractivity contribution is 6.00. The van der Waals surface area contributed by atoms with Crippen LogP contribution in [-0.4, -0.2) is 41.8 Å². The number of nitrogens with zero attached hydrogens (tertiary/aromatic N) is 1. The first kappa shape index (κ1) is 30.9. The molecule has 9 nitrogen and oxygen atoms in total. The van der Waals surface area contributed by atoms with Gasteiger partial charge >= 0.3 is 6.03 Å². The van der Waals surface area contributed by atoms with Gasteiger partial charge in [-0.25, -0.2) is 4.79 Å². The van der Waals surface area contributed by atoms with Crippen molar-refractivity contribution < 1.29 is 24.3 Å². The average molecular weight is 558 g/mol. The van der Waals surface area contributed by atoms with E-state index in [1.165, 1.54) is 4.90 Å². The van der Waals surface area contributed by atoms with Crippen molar-refractivity contribution in [1.29, 1.82) is 0 Å². The van der Waals surface area contributed by atoms with Gasteiger partial charge in [0, 0.05) is 30.3 Å². The highest BCUT2D eigenvalue weighted by Crippen LogP contribution is 2.17. The van der Waals surface area contributed by atoms with Crippen molar-refractivity contribution >= 4 is 35.2 Å². The van der Waals surface area contributed by atoms with Crippen LogP contribution in [0.5, 0.6) is 0 Å². The van der Waals surface area contributed by atoms with Crippen LogP contribution in [0.2, 0.25) is 0 Å². The molecule has 3 rings (SSSR count). The van der Waals surface area contributed by atoms with Crippen LogP contribution in [0.25, 0.3) is 0 Å². The summed E-state index contributed by atoms with van der Waals surface area (Å²) in [6.07, 6.45) is 0.403. The Hall–Kier alpha value is -4.66. The molecule has 0 fully saturated rings. The van der Waals surface area contributed by atoms with E-state index in [2.05, 4.69) is 16.0 Å². The smallest absolute Gasteiger partial charge is 0.323 e.